The Balaban J connectivity index is 1.95. The van der Waals surface area contributed by atoms with E-state index in [1.807, 2.05) is 11.9 Å². The van der Waals surface area contributed by atoms with Gasteiger partial charge in [-0.25, -0.2) is 14.8 Å². The number of methoxy groups -OCH3 is 1. The Labute approximate surface area is 130 Å². The van der Waals surface area contributed by atoms with Crippen molar-refractivity contribution >= 4 is 11.9 Å². The van der Waals surface area contributed by atoms with Crippen LogP contribution < -0.4 is 4.90 Å². The van der Waals surface area contributed by atoms with Crippen LogP contribution in [0.3, 0.4) is 0 Å². The summed E-state index contributed by atoms with van der Waals surface area (Å²) in [4.78, 5) is 23.9. The van der Waals surface area contributed by atoms with Crippen LogP contribution in [0.5, 0.6) is 0 Å². The standard InChI is InChI=1S/C15H24N4O3/c1-11-8-13(14(20)21)17-15(16-11)18(2)9-12-4-5-19(10-12)6-7-22-3/h8,12H,4-7,9-10H2,1-3H3,(H,20,21). The number of aryl methyl sites for hydroxylation is 1. The third-order valence-electron chi connectivity index (χ3n) is 3.92. The molecule has 1 fully saturated rings. The number of ether oxygens (including phenoxy) is 1. The number of carbonyl (C=O) groups is 1. The molecule has 1 saturated heterocycles. The van der Waals surface area contributed by atoms with E-state index < -0.39 is 5.97 Å². The van der Waals surface area contributed by atoms with Crippen LogP contribution in [-0.2, 0) is 4.74 Å². The second kappa shape index (κ2) is 7.51. The molecule has 1 N–H and O–H groups in total. The molecule has 0 bridgehead atoms. The molecule has 7 heteroatoms. The molecule has 0 aromatic carbocycles. The number of anilines is 1. The second-order valence-electron chi connectivity index (χ2n) is 5.83. The lowest BCUT2D eigenvalue weighted by atomic mass is 10.1. The number of rotatable bonds is 7. The Morgan fingerprint density at radius 3 is 3.00 bits per heavy atom. The molecular formula is C15H24N4O3. The molecule has 1 aliphatic heterocycles. The van der Waals surface area contributed by atoms with Gasteiger partial charge in [0.05, 0.1) is 6.61 Å². The normalized spacial score (nSPS) is 18.6. The Morgan fingerprint density at radius 1 is 1.55 bits per heavy atom. The molecule has 0 saturated carbocycles. The van der Waals surface area contributed by atoms with Crippen molar-refractivity contribution in [1.82, 2.24) is 14.9 Å². The zero-order valence-corrected chi connectivity index (χ0v) is 13.4. The van der Waals surface area contributed by atoms with Crippen LogP contribution in [-0.4, -0.2) is 72.9 Å². The minimum atomic E-state index is -1.02. The summed E-state index contributed by atoms with van der Waals surface area (Å²) >= 11 is 0. The van der Waals surface area contributed by atoms with E-state index in [9.17, 15) is 4.79 Å². The van der Waals surface area contributed by atoms with Gasteiger partial charge >= 0.3 is 5.97 Å². The zero-order valence-electron chi connectivity index (χ0n) is 13.4. The molecule has 2 heterocycles. The highest BCUT2D eigenvalue weighted by atomic mass is 16.5. The van der Waals surface area contributed by atoms with Crippen LogP contribution in [0.15, 0.2) is 6.07 Å². The van der Waals surface area contributed by atoms with E-state index in [0.29, 0.717) is 17.6 Å². The fraction of sp³-hybridized carbons (Fsp3) is 0.667. The highest BCUT2D eigenvalue weighted by molar-refractivity contribution is 5.85. The van der Waals surface area contributed by atoms with Crippen molar-refractivity contribution in [3.63, 3.8) is 0 Å². The second-order valence-corrected chi connectivity index (χ2v) is 5.83. The van der Waals surface area contributed by atoms with E-state index >= 15 is 0 Å². The number of aromatic carboxylic acids is 1. The van der Waals surface area contributed by atoms with E-state index in [4.69, 9.17) is 9.84 Å². The molecule has 1 aromatic heterocycles. The molecule has 1 aromatic rings. The molecule has 0 spiro atoms. The lowest BCUT2D eigenvalue weighted by molar-refractivity contribution is 0.0690. The maximum Gasteiger partial charge on any atom is 0.354 e. The van der Waals surface area contributed by atoms with Crippen molar-refractivity contribution in [2.45, 2.75) is 13.3 Å². The predicted octanol–water partition coefficient (Wildman–Crippen LogP) is 0.888. The van der Waals surface area contributed by atoms with Gasteiger partial charge < -0.3 is 19.6 Å². The maximum atomic E-state index is 11.1. The van der Waals surface area contributed by atoms with Crippen molar-refractivity contribution in [3.05, 3.63) is 17.5 Å². The third kappa shape index (κ3) is 4.38. The summed E-state index contributed by atoms with van der Waals surface area (Å²) in [5.74, 6) is -0.00116. The highest BCUT2D eigenvalue weighted by Gasteiger charge is 2.24. The van der Waals surface area contributed by atoms with Gasteiger partial charge in [0.15, 0.2) is 5.69 Å². The number of hydrogen-bond donors (Lipinski definition) is 1. The molecule has 7 nitrogen and oxygen atoms in total. The lowest BCUT2D eigenvalue weighted by Gasteiger charge is -2.22. The van der Waals surface area contributed by atoms with Crippen LogP contribution in [0.2, 0.25) is 0 Å². The van der Waals surface area contributed by atoms with Gasteiger partial charge in [0, 0.05) is 39.5 Å². The van der Waals surface area contributed by atoms with Crippen molar-refractivity contribution in [3.8, 4) is 0 Å². The van der Waals surface area contributed by atoms with Crippen molar-refractivity contribution in [2.24, 2.45) is 5.92 Å². The summed E-state index contributed by atoms with van der Waals surface area (Å²) in [6.45, 7) is 6.44. The molecule has 1 atom stereocenters. The first kappa shape index (κ1) is 16.6. The summed E-state index contributed by atoms with van der Waals surface area (Å²) in [5.41, 5.74) is 0.713. The molecule has 0 amide bonds. The Hall–Kier alpha value is -1.73. The molecule has 22 heavy (non-hydrogen) atoms. The first-order chi connectivity index (χ1) is 10.5. The molecule has 1 unspecified atom stereocenters. The predicted molar refractivity (Wildman–Crippen MR) is 83.4 cm³/mol. The van der Waals surface area contributed by atoms with Crippen molar-refractivity contribution in [2.75, 3.05) is 51.8 Å². The van der Waals surface area contributed by atoms with E-state index in [1.54, 1.807) is 14.0 Å². The topological polar surface area (TPSA) is 78.8 Å². The lowest BCUT2D eigenvalue weighted by Crippen LogP contribution is -2.30. The van der Waals surface area contributed by atoms with Gasteiger partial charge in [-0.05, 0) is 31.9 Å². The van der Waals surface area contributed by atoms with Crippen molar-refractivity contribution in [1.29, 1.82) is 0 Å². The van der Waals surface area contributed by atoms with Gasteiger partial charge in [-0.15, -0.1) is 0 Å². The van der Waals surface area contributed by atoms with E-state index in [1.165, 1.54) is 6.07 Å². The summed E-state index contributed by atoms with van der Waals surface area (Å²) < 4.78 is 5.11. The SMILES string of the molecule is COCCN1CCC(CN(C)c2nc(C)cc(C(=O)O)n2)C1. The number of likely N-dealkylation sites (tertiary alicyclic amines) is 1. The van der Waals surface area contributed by atoms with E-state index in [-0.39, 0.29) is 5.69 Å². The van der Waals surface area contributed by atoms with Gasteiger partial charge in [0.2, 0.25) is 5.95 Å². The Kier molecular flexibility index (Phi) is 5.68. The fourth-order valence-electron chi connectivity index (χ4n) is 2.79. The molecule has 122 valence electrons. The first-order valence-corrected chi connectivity index (χ1v) is 7.51. The maximum absolute atomic E-state index is 11.1. The van der Waals surface area contributed by atoms with Gasteiger partial charge in [-0.2, -0.15) is 0 Å². The van der Waals surface area contributed by atoms with Gasteiger partial charge in [0.1, 0.15) is 0 Å². The van der Waals surface area contributed by atoms with Gasteiger partial charge in [-0.3, -0.25) is 0 Å². The van der Waals surface area contributed by atoms with Crippen LogP contribution in [0.1, 0.15) is 22.6 Å². The number of nitrogens with zero attached hydrogens (tertiary/aromatic N) is 4. The van der Waals surface area contributed by atoms with Gasteiger partial charge in [0.25, 0.3) is 0 Å². The number of aromatic nitrogens is 2. The highest BCUT2D eigenvalue weighted by Crippen LogP contribution is 2.19. The third-order valence-corrected chi connectivity index (χ3v) is 3.92. The summed E-state index contributed by atoms with van der Waals surface area (Å²) in [6.07, 6.45) is 1.13. The quantitative estimate of drug-likeness (QED) is 0.801. The largest absolute Gasteiger partial charge is 0.477 e. The van der Waals surface area contributed by atoms with Crippen molar-refractivity contribution < 1.29 is 14.6 Å². The molecule has 0 radical (unpaired) electrons. The molecule has 1 aliphatic rings. The summed E-state index contributed by atoms with van der Waals surface area (Å²) in [6, 6.07) is 1.49. The average molecular weight is 308 g/mol. The van der Waals surface area contributed by atoms with Crippen LogP contribution >= 0.6 is 0 Å². The zero-order chi connectivity index (χ0) is 16.1. The first-order valence-electron chi connectivity index (χ1n) is 7.51. The Bertz CT molecular complexity index is 524. The summed E-state index contributed by atoms with van der Waals surface area (Å²) in [5, 5.41) is 9.09. The molecule has 2 rings (SSSR count). The number of hydrogen-bond acceptors (Lipinski definition) is 6. The van der Waals surface area contributed by atoms with Crippen LogP contribution in [0.4, 0.5) is 5.95 Å². The fourth-order valence-corrected chi connectivity index (χ4v) is 2.79. The number of carboxylic acids is 1. The van der Waals surface area contributed by atoms with Crippen LogP contribution in [0, 0.1) is 12.8 Å². The monoisotopic (exact) mass is 308 g/mol. The van der Waals surface area contributed by atoms with Crippen LogP contribution in [0.25, 0.3) is 0 Å². The van der Waals surface area contributed by atoms with E-state index in [0.717, 1.165) is 39.2 Å². The minimum Gasteiger partial charge on any atom is -0.477 e. The number of carboxylic acid groups (broad SMARTS) is 1. The van der Waals surface area contributed by atoms with E-state index in [2.05, 4.69) is 14.9 Å². The summed E-state index contributed by atoms with van der Waals surface area (Å²) in [7, 11) is 3.63. The Morgan fingerprint density at radius 2 is 2.32 bits per heavy atom. The minimum absolute atomic E-state index is 0.0440. The molecular weight excluding hydrogens is 284 g/mol. The smallest absolute Gasteiger partial charge is 0.354 e. The molecule has 0 aliphatic carbocycles. The van der Waals surface area contributed by atoms with Gasteiger partial charge in [-0.1, -0.05) is 0 Å². The average Bonchev–Trinajstić information content (AvgIpc) is 2.91.